The number of rotatable bonds is 2. The first-order valence-electron chi connectivity index (χ1n) is 6.14. The summed E-state index contributed by atoms with van der Waals surface area (Å²) in [4.78, 5) is 2.57. The predicted molar refractivity (Wildman–Crippen MR) is 62.0 cm³/mol. The van der Waals surface area contributed by atoms with Gasteiger partial charge in [-0.1, -0.05) is 6.92 Å². The summed E-state index contributed by atoms with van der Waals surface area (Å²) in [6, 6.07) is 0. The third kappa shape index (κ3) is 2.92. The van der Waals surface area contributed by atoms with Crippen molar-refractivity contribution in [2.75, 3.05) is 39.3 Å². The van der Waals surface area contributed by atoms with Gasteiger partial charge in [-0.05, 0) is 38.8 Å². The van der Waals surface area contributed by atoms with E-state index in [1.807, 2.05) is 0 Å². The average molecular weight is 212 g/mol. The summed E-state index contributed by atoms with van der Waals surface area (Å²) in [5, 5.41) is 3.47. The number of hydrogen-bond acceptors (Lipinski definition) is 3. The van der Waals surface area contributed by atoms with Crippen molar-refractivity contribution in [2.45, 2.75) is 26.4 Å². The standard InChI is InChI=1S/C12H24N2O/c1-10-6-13-7-11(10)8-14-4-5-15-12(2,3)9-14/h10-11,13H,4-9H2,1-3H3. The van der Waals surface area contributed by atoms with Crippen LogP contribution in [0.4, 0.5) is 0 Å². The van der Waals surface area contributed by atoms with Gasteiger partial charge in [0.15, 0.2) is 0 Å². The molecule has 3 nitrogen and oxygen atoms in total. The second-order valence-corrected chi connectivity index (χ2v) is 5.74. The van der Waals surface area contributed by atoms with Gasteiger partial charge in [0, 0.05) is 19.6 Å². The fraction of sp³-hybridized carbons (Fsp3) is 1.00. The average Bonchev–Trinajstić information content (AvgIpc) is 2.50. The van der Waals surface area contributed by atoms with Crippen LogP contribution in [0.5, 0.6) is 0 Å². The van der Waals surface area contributed by atoms with Crippen molar-refractivity contribution < 1.29 is 4.74 Å². The Bertz CT molecular complexity index is 218. The Balaban J connectivity index is 1.83. The Labute approximate surface area is 93.2 Å². The van der Waals surface area contributed by atoms with E-state index < -0.39 is 0 Å². The van der Waals surface area contributed by atoms with E-state index in [4.69, 9.17) is 4.74 Å². The molecule has 0 amide bonds. The molecule has 2 rings (SSSR count). The van der Waals surface area contributed by atoms with Gasteiger partial charge in [0.05, 0.1) is 12.2 Å². The predicted octanol–water partition coefficient (Wildman–Crippen LogP) is 0.953. The highest BCUT2D eigenvalue weighted by Crippen LogP contribution is 2.21. The minimum absolute atomic E-state index is 0.0491. The van der Waals surface area contributed by atoms with Gasteiger partial charge in [0.25, 0.3) is 0 Å². The van der Waals surface area contributed by atoms with Crippen molar-refractivity contribution in [1.82, 2.24) is 10.2 Å². The van der Waals surface area contributed by atoms with Crippen molar-refractivity contribution >= 4 is 0 Å². The van der Waals surface area contributed by atoms with Crippen LogP contribution in [0.2, 0.25) is 0 Å². The molecule has 0 saturated carbocycles. The number of ether oxygens (including phenoxy) is 1. The summed E-state index contributed by atoms with van der Waals surface area (Å²) >= 11 is 0. The van der Waals surface area contributed by atoms with Crippen LogP contribution in [0.1, 0.15) is 20.8 Å². The number of nitrogens with one attached hydrogen (secondary N) is 1. The smallest absolute Gasteiger partial charge is 0.0753 e. The third-order valence-corrected chi connectivity index (χ3v) is 3.67. The molecule has 0 aromatic rings. The van der Waals surface area contributed by atoms with Crippen molar-refractivity contribution in [2.24, 2.45) is 11.8 Å². The van der Waals surface area contributed by atoms with Crippen molar-refractivity contribution in [3.63, 3.8) is 0 Å². The van der Waals surface area contributed by atoms with E-state index in [0.29, 0.717) is 0 Å². The summed E-state index contributed by atoms with van der Waals surface area (Å²) in [6.45, 7) is 13.4. The van der Waals surface area contributed by atoms with Gasteiger partial charge >= 0.3 is 0 Å². The van der Waals surface area contributed by atoms with E-state index in [2.05, 4.69) is 31.0 Å². The zero-order chi connectivity index (χ0) is 10.9. The first-order valence-corrected chi connectivity index (χ1v) is 6.14. The van der Waals surface area contributed by atoms with Crippen LogP contribution in [0.15, 0.2) is 0 Å². The monoisotopic (exact) mass is 212 g/mol. The summed E-state index contributed by atoms with van der Waals surface area (Å²) < 4.78 is 5.73. The Hall–Kier alpha value is -0.120. The van der Waals surface area contributed by atoms with Gasteiger partial charge in [-0.15, -0.1) is 0 Å². The lowest BCUT2D eigenvalue weighted by Crippen LogP contribution is -2.50. The fourth-order valence-corrected chi connectivity index (χ4v) is 2.71. The molecule has 2 aliphatic heterocycles. The third-order valence-electron chi connectivity index (χ3n) is 3.67. The van der Waals surface area contributed by atoms with E-state index in [1.165, 1.54) is 19.6 Å². The molecule has 2 aliphatic rings. The summed E-state index contributed by atoms with van der Waals surface area (Å²) in [5.41, 5.74) is 0.0491. The van der Waals surface area contributed by atoms with Crippen LogP contribution in [0.25, 0.3) is 0 Å². The van der Waals surface area contributed by atoms with E-state index in [9.17, 15) is 0 Å². The highest BCUT2D eigenvalue weighted by atomic mass is 16.5. The van der Waals surface area contributed by atoms with Gasteiger partial charge in [-0.3, -0.25) is 4.90 Å². The zero-order valence-electron chi connectivity index (χ0n) is 10.3. The molecule has 0 aromatic heterocycles. The van der Waals surface area contributed by atoms with Gasteiger partial charge in [0.1, 0.15) is 0 Å². The fourth-order valence-electron chi connectivity index (χ4n) is 2.71. The van der Waals surface area contributed by atoms with Gasteiger partial charge in [-0.2, -0.15) is 0 Å². The molecule has 3 heteroatoms. The van der Waals surface area contributed by atoms with Gasteiger partial charge < -0.3 is 10.1 Å². The lowest BCUT2D eigenvalue weighted by atomic mass is 9.96. The first kappa shape index (κ1) is 11.4. The molecule has 0 bridgehead atoms. The van der Waals surface area contributed by atoms with E-state index in [1.54, 1.807) is 0 Å². The molecular weight excluding hydrogens is 188 g/mol. The van der Waals surface area contributed by atoms with Crippen LogP contribution in [0, 0.1) is 11.8 Å². The van der Waals surface area contributed by atoms with Gasteiger partial charge in [-0.25, -0.2) is 0 Å². The number of hydrogen-bond donors (Lipinski definition) is 1. The molecule has 0 radical (unpaired) electrons. The topological polar surface area (TPSA) is 24.5 Å². The molecule has 1 N–H and O–H groups in total. The Morgan fingerprint density at radius 1 is 1.40 bits per heavy atom. The van der Waals surface area contributed by atoms with Crippen LogP contribution in [0.3, 0.4) is 0 Å². The molecule has 2 saturated heterocycles. The molecule has 15 heavy (non-hydrogen) atoms. The van der Waals surface area contributed by atoms with Crippen LogP contribution in [-0.2, 0) is 4.74 Å². The molecule has 0 spiro atoms. The largest absolute Gasteiger partial charge is 0.373 e. The molecule has 2 unspecified atom stereocenters. The van der Waals surface area contributed by atoms with Crippen molar-refractivity contribution in [3.05, 3.63) is 0 Å². The van der Waals surface area contributed by atoms with E-state index in [0.717, 1.165) is 31.5 Å². The number of morpholine rings is 1. The highest BCUT2D eigenvalue weighted by Gasteiger charge is 2.31. The summed E-state index contributed by atoms with van der Waals surface area (Å²) in [5.74, 6) is 1.66. The Morgan fingerprint density at radius 2 is 2.20 bits per heavy atom. The highest BCUT2D eigenvalue weighted by molar-refractivity contribution is 4.85. The maximum absolute atomic E-state index is 5.73. The number of nitrogens with zero attached hydrogens (tertiary/aromatic N) is 1. The van der Waals surface area contributed by atoms with Crippen molar-refractivity contribution in [1.29, 1.82) is 0 Å². The second kappa shape index (κ2) is 4.40. The molecule has 88 valence electrons. The van der Waals surface area contributed by atoms with E-state index in [-0.39, 0.29) is 5.60 Å². The normalized spacial score (nSPS) is 37.0. The van der Waals surface area contributed by atoms with Crippen LogP contribution >= 0.6 is 0 Å². The SMILES string of the molecule is CC1CNCC1CN1CCOC(C)(C)C1. The lowest BCUT2D eigenvalue weighted by molar-refractivity contribution is -0.0893. The molecule has 0 aromatic carbocycles. The molecule has 2 heterocycles. The first-order chi connectivity index (χ1) is 7.07. The van der Waals surface area contributed by atoms with Crippen molar-refractivity contribution in [3.8, 4) is 0 Å². The summed E-state index contributed by atoms with van der Waals surface area (Å²) in [6.07, 6.45) is 0. The molecular formula is C12H24N2O. The summed E-state index contributed by atoms with van der Waals surface area (Å²) in [7, 11) is 0. The molecule has 2 atom stereocenters. The molecule has 2 fully saturated rings. The zero-order valence-corrected chi connectivity index (χ0v) is 10.3. The maximum Gasteiger partial charge on any atom is 0.0753 e. The quantitative estimate of drug-likeness (QED) is 0.737. The lowest BCUT2D eigenvalue weighted by Gasteiger charge is -2.39. The minimum atomic E-state index is 0.0491. The Morgan fingerprint density at radius 3 is 2.80 bits per heavy atom. The second-order valence-electron chi connectivity index (χ2n) is 5.74. The van der Waals surface area contributed by atoms with Crippen LogP contribution in [-0.4, -0.2) is 49.8 Å². The van der Waals surface area contributed by atoms with Gasteiger partial charge in [0.2, 0.25) is 0 Å². The van der Waals surface area contributed by atoms with E-state index >= 15 is 0 Å². The van der Waals surface area contributed by atoms with Crippen LogP contribution < -0.4 is 5.32 Å². The minimum Gasteiger partial charge on any atom is -0.373 e. The molecule has 0 aliphatic carbocycles. The maximum atomic E-state index is 5.73. The Kier molecular flexibility index (Phi) is 3.33.